The van der Waals surface area contributed by atoms with Crippen molar-refractivity contribution in [1.29, 1.82) is 0 Å². The van der Waals surface area contributed by atoms with Gasteiger partial charge in [-0.15, -0.1) is 0 Å². The third-order valence-corrected chi connectivity index (χ3v) is 20.1. The molecule has 6 nitrogen and oxygen atoms in total. The van der Waals surface area contributed by atoms with Crippen LogP contribution >= 0.6 is 0 Å². The van der Waals surface area contributed by atoms with Crippen LogP contribution in [0.3, 0.4) is 0 Å². The molecule has 4 aliphatic heterocycles. The summed E-state index contributed by atoms with van der Waals surface area (Å²) in [6.45, 7) is -0.407. The Labute approximate surface area is 572 Å². The molecule has 98 heavy (non-hydrogen) atoms. The Morgan fingerprint density at radius 2 is 0.510 bits per heavy atom. The molecule has 458 valence electrons. The van der Waals surface area contributed by atoms with E-state index in [1.165, 1.54) is 32.8 Å². The van der Waals surface area contributed by atoms with Gasteiger partial charge in [-0.2, -0.15) is 0 Å². The van der Waals surface area contributed by atoms with Crippen molar-refractivity contribution in [2.45, 2.75) is 0 Å². The minimum absolute atomic E-state index is 0.203. The maximum atomic E-state index is 2.64. The number of hydrogen-bond acceptors (Lipinski definition) is 6. The fourth-order valence-corrected chi connectivity index (χ4v) is 16.1. The highest BCUT2D eigenvalue weighted by molar-refractivity contribution is 7.03. The van der Waals surface area contributed by atoms with Crippen molar-refractivity contribution in [2.24, 2.45) is 0 Å². The van der Waals surface area contributed by atoms with Crippen LogP contribution in [0.1, 0.15) is 0 Å². The maximum Gasteiger partial charge on any atom is 0.252 e. The average molecular weight is 1250 g/mol. The third kappa shape index (κ3) is 9.21. The lowest BCUT2D eigenvalue weighted by Crippen LogP contribution is -2.65. The summed E-state index contributed by atoms with van der Waals surface area (Å²) < 4.78 is 0. The normalized spacial score (nSPS) is 12.8. The van der Waals surface area contributed by atoms with E-state index in [2.05, 4.69) is 406 Å². The van der Waals surface area contributed by atoms with E-state index in [4.69, 9.17) is 0 Å². The second-order valence-corrected chi connectivity index (χ2v) is 25.5. The van der Waals surface area contributed by atoms with Crippen LogP contribution in [0.15, 0.2) is 376 Å². The van der Waals surface area contributed by atoms with Gasteiger partial charge >= 0.3 is 0 Å². The maximum absolute atomic E-state index is 2.64. The van der Waals surface area contributed by atoms with Crippen LogP contribution in [0, 0.1) is 0 Å². The van der Waals surface area contributed by atoms with Gasteiger partial charge in [-0.1, -0.05) is 249 Å². The molecule has 0 aliphatic carbocycles. The van der Waals surface area contributed by atoms with Gasteiger partial charge in [0.2, 0.25) is 0 Å². The standard InChI is InChI=1S/C90H62B2N6/c1-9-33-63(34-10-1)73-49-25-29-53-79(73)94(67-41-17-5-18-42-67)72-59-86-89-87(60-72)97(70-47-23-8-24-48-70)83-62-84-78(61-77(83)91(89)75-51-27-31-55-81(75)96(86)69-45-21-7-22-46-69)92-76-52-28-32-56-82(76)95(68-43-19-6-20-44-68)85-57-71(93(65-37-13-3-14-38-65)66-39-15-4-16-40-66)58-88(90(85)92)98(84)80-54-30-26-50-74(80)64-35-11-2-12-36-64/h1-62H. The first-order valence-corrected chi connectivity index (χ1v) is 33.8. The van der Waals surface area contributed by atoms with E-state index in [9.17, 15) is 0 Å². The molecule has 0 saturated carbocycles. The summed E-state index contributed by atoms with van der Waals surface area (Å²) >= 11 is 0. The zero-order valence-corrected chi connectivity index (χ0v) is 53.6. The zero-order valence-electron chi connectivity index (χ0n) is 53.6. The fourth-order valence-electron chi connectivity index (χ4n) is 16.1. The van der Waals surface area contributed by atoms with Gasteiger partial charge in [0.25, 0.3) is 13.4 Å². The summed E-state index contributed by atoms with van der Waals surface area (Å²) in [6, 6.07) is 139. The van der Waals surface area contributed by atoms with E-state index in [1.807, 2.05) is 0 Å². The molecule has 19 rings (SSSR count). The molecule has 0 bridgehead atoms. The molecular weight excluding hydrogens is 1190 g/mol. The van der Waals surface area contributed by atoms with Crippen LogP contribution in [0.2, 0.25) is 0 Å². The first-order valence-electron chi connectivity index (χ1n) is 33.8. The molecule has 0 N–H and O–H groups in total. The van der Waals surface area contributed by atoms with E-state index in [0.717, 1.165) is 125 Å². The molecule has 0 amide bonds. The van der Waals surface area contributed by atoms with Crippen molar-refractivity contribution in [3.63, 3.8) is 0 Å². The second kappa shape index (κ2) is 23.6. The molecule has 0 atom stereocenters. The minimum Gasteiger partial charge on any atom is -0.311 e. The number of fused-ring (bicyclic) bond motifs is 8. The Morgan fingerprint density at radius 1 is 0.194 bits per heavy atom. The molecule has 0 aromatic heterocycles. The Hall–Kier alpha value is -12.8. The van der Waals surface area contributed by atoms with Crippen molar-refractivity contribution in [3.05, 3.63) is 376 Å². The molecule has 4 heterocycles. The molecule has 15 aromatic carbocycles. The van der Waals surface area contributed by atoms with Crippen LogP contribution in [0.5, 0.6) is 0 Å². The van der Waals surface area contributed by atoms with Crippen molar-refractivity contribution >= 4 is 149 Å². The van der Waals surface area contributed by atoms with Gasteiger partial charge in [-0.05, 0) is 171 Å². The van der Waals surface area contributed by atoms with E-state index in [-0.39, 0.29) is 13.4 Å². The Balaban J connectivity index is 0.949. The number of rotatable bonds is 12. The molecule has 0 spiro atoms. The van der Waals surface area contributed by atoms with Gasteiger partial charge in [-0.25, -0.2) is 0 Å². The number of nitrogens with zero attached hydrogens (tertiary/aromatic N) is 6. The van der Waals surface area contributed by atoms with E-state index < -0.39 is 0 Å². The predicted molar refractivity (Wildman–Crippen MR) is 415 cm³/mol. The number of hydrogen-bond donors (Lipinski definition) is 0. The van der Waals surface area contributed by atoms with E-state index in [1.54, 1.807) is 0 Å². The lowest BCUT2D eigenvalue weighted by molar-refractivity contribution is 1.21. The van der Waals surface area contributed by atoms with Crippen LogP contribution < -0.4 is 62.2 Å². The highest BCUT2D eigenvalue weighted by Gasteiger charge is 2.49. The highest BCUT2D eigenvalue weighted by atomic mass is 15.2. The molecule has 0 saturated heterocycles. The first kappa shape index (κ1) is 56.7. The minimum atomic E-state index is -0.204. The van der Waals surface area contributed by atoms with Gasteiger partial charge < -0.3 is 29.4 Å². The molecule has 8 heteroatoms. The lowest BCUT2D eigenvalue weighted by atomic mass is 9.30. The van der Waals surface area contributed by atoms with Crippen LogP contribution in [0.25, 0.3) is 22.3 Å². The molecular formula is C90H62B2N6. The summed E-state index contributed by atoms with van der Waals surface area (Å²) in [5.74, 6) is 0. The van der Waals surface area contributed by atoms with E-state index >= 15 is 0 Å². The van der Waals surface area contributed by atoms with Crippen molar-refractivity contribution in [1.82, 2.24) is 0 Å². The summed E-state index contributed by atoms with van der Waals surface area (Å²) in [4.78, 5) is 15.2. The Morgan fingerprint density at radius 3 is 0.969 bits per heavy atom. The summed E-state index contributed by atoms with van der Waals surface area (Å²) in [5.41, 5.74) is 31.6. The van der Waals surface area contributed by atoms with Gasteiger partial charge in [0.1, 0.15) is 0 Å². The van der Waals surface area contributed by atoms with Crippen LogP contribution in [0.4, 0.5) is 102 Å². The Bertz CT molecular complexity index is 5460. The third-order valence-electron chi connectivity index (χ3n) is 20.1. The van der Waals surface area contributed by atoms with Gasteiger partial charge in [0.05, 0.1) is 22.7 Å². The number of anilines is 18. The molecule has 0 fully saturated rings. The summed E-state index contributed by atoms with van der Waals surface area (Å²) in [6.07, 6.45) is 0. The summed E-state index contributed by atoms with van der Waals surface area (Å²) in [5, 5.41) is 0. The first-order chi connectivity index (χ1) is 48.7. The largest absolute Gasteiger partial charge is 0.311 e. The number of para-hydroxylation sites is 10. The fraction of sp³-hybridized carbons (Fsp3) is 0. The van der Waals surface area contributed by atoms with E-state index in [0.29, 0.717) is 0 Å². The van der Waals surface area contributed by atoms with Gasteiger partial charge in [-0.3, -0.25) is 0 Å². The quantitative estimate of drug-likeness (QED) is 0.113. The second-order valence-electron chi connectivity index (χ2n) is 25.5. The van der Waals surface area contributed by atoms with Crippen molar-refractivity contribution in [2.75, 3.05) is 29.4 Å². The molecule has 4 aliphatic rings. The topological polar surface area (TPSA) is 19.4 Å². The van der Waals surface area contributed by atoms with Crippen molar-refractivity contribution in [3.8, 4) is 22.3 Å². The van der Waals surface area contributed by atoms with Gasteiger partial charge in [0, 0.05) is 90.8 Å². The lowest BCUT2D eigenvalue weighted by Gasteiger charge is -2.48. The Kier molecular flexibility index (Phi) is 13.7. The predicted octanol–water partition coefficient (Wildman–Crippen LogP) is 20.1. The van der Waals surface area contributed by atoms with Crippen LogP contribution in [-0.2, 0) is 0 Å². The smallest absolute Gasteiger partial charge is 0.252 e. The van der Waals surface area contributed by atoms with Gasteiger partial charge in [0.15, 0.2) is 0 Å². The highest BCUT2D eigenvalue weighted by Crippen LogP contribution is 2.54. The molecule has 15 aromatic rings. The molecule has 0 radical (unpaired) electrons. The summed E-state index contributed by atoms with van der Waals surface area (Å²) in [7, 11) is 0. The zero-order chi connectivity index (χ0) is 64.6. The molecule has 0 unspecified atom stereocenters. The average Bonchev–Trinajstić information content (AvgIpc) is 0.685. The monoisotopic (exact) mass is 1250 g/mol. The van der Waals surface area contributed by atoms with Crippen LogP contribution in [-0.4, -0.2) is 13.4 Å². The SMILES string of the molecule is c1ccc(-c2ccccc2N(c2ccccc2)c2cc3c4c(c2)N(c2ccccc2)c2cc5c(cc2B4c2ccccc2N3c2ccccc2)B2c3ccccc3N(c3ccccc3)c3cc(N(c4ccccc4)c4ccccc4)cc(c32)N5c2ccccc2-c2ccccc2)cc1. The number of benzene rings is 15. The van der Waals surface area contributed by atoms with Crippen molar-refractivity contribution < 1.29 is 0 Å².